The van der Waals surface area contributed by atoms with Gasteiger partial charge in [0.1, 0.15) is 12.2 Å². The van der Waals surface area contributed by atoms with E-state index >= 15 is 0 Å². The topological polar surface area (TPSA) is 88.5 Å². The molecule has 124 valence electrons. The van der Waals surface area contributed by atoms with E-state index in [0.717, 1.165) is 0 Å². The van der Waals surface area contributed by atoms with Gasteiger partial charge in [0.25, 0.3) is 0 Å². The summed E-state index contributed by atoms with van der Waals surface area (Å²) in [7, 11) is 0. The van der Waals surface area contributed by atoms with Crippen LogP contribution in [0.5, 0.6) is 0 Å². The lowest BCUT2D eigenvalue weighted by molar-refractivity contribution is -0.139. The van der Waals surface area contributed by atoms with Gasteiger partial charge < -0.3 is 5.11 Å². The minimum atomic E-state index is -1.06. The standard InChI is InChI=1S/C15H12O2.C4H6O3/c16-14(12-7-3-1-4-8-12)11-15(17)13-9-5-2-6-10-13;1-3(5)2-4(6)7/h1-10H,11H2;2H2,1H3,(H,6,7). The molecule has 0 heterocycles. The Hall–Kier alpha value is -3.08. The fourth-order valence-electron chi connectivity index (χ4n) is 1.81. The van der Waals surface area contributed by atoms with E-state index in [0.29, 0.717) is 11.1 Å². The highest BCUT2D eigenvalue weighted by molar-refractivity contribution is 6.13. The zero-order valence-electron chi connectivity index (χ0n) is 13.3. The molecule has 0 spiro atoms. The monoisotopic (exact) mass is 326 g/mol. The van der Waals surface area contributed by atoms with Gasteiger partial charge in [-0.2, -0.15) is 0 Å². The van der Waals surface area contributed by atoms with Gasteiger partial charge in [0.2, 0.25) is 0 Å². The van der Waals surface area contributed by atoms with E-state index in [4.69, 9.17) is 5.11 Å². The van der Waals surface area contributed by atoms with Gasteiger partial charge in [-0.1, -0.05) is 60.7 Å². The average molecular weight is 326 g/mol. The number of hydrogen-bond acceptors (Lipinski definition) is 4. The van der Waals surface area contributed by atoms with Gasteiger partial charge in [-0.05, 0) is 6.92 Å². The highest BCUT2D eigenvalue weighted by Crippen LogP contribution is 2.08. The van der Waals surface area contributed by atoms with Crippen LogP contribution in [0.25, 0.3) is 0 Å². The molecule has 0 aliphatic carbocycles. The molecule has 0 bridgehead atoms. The first kappa shape index (κ1) is 19.0. The molecule has 2 rings (SSSR count). The maximum absolute atomic E-state index is 11.8. The molecule has 5 heteroatoms. The van der Waals surface area contributed by atoms with E-state index in [1.165, 1.54) is 6.92 Å². The molecular weight excluding hydrogens is 308 g/mol. The fourth-order valence-corrected chi connectivity index (χ4v) is 1.81. The van der Waals surface area contributed by atoms with Gasteiger partial charge in [-0.25, -0.2) is 0 Å². The maximum atomic E-state index is 11.8. The molecule has 2 aromatic carbocycles. The van der Waals surface area contributed by atoms with Gasteiger partial charge in [0.05, 0.1) is 6.42 Å². The first-order valence-corrected chi connectivity index (χ1v) is 7.28. The van der Waals surface area contributed by atoms with E-state index in [1.807, 2.05) is 12.1 Å². The SMILES string of the molecule is CC(=O)CC(=O)O.O=C(CC(=O)c1ccccc1)c1ccccc1. The molecule has 0 fully saturated rings. The lowest BCUT2D eigenvalue weighted by atomic mass is 10.0. The lowest BCUT2D eigenvalue weighted by Crippen LogP contribution is -2.08. The summed E-state index contributed by atoms with van der Waals surface area (Å²) in [6, 6.07) is 17.7. The van der Waals surface area contributed by atoms with Gasteiger partial charge in [0, 0.05) is 11.1 Å². The van der Waals surface area contributed by atoms with Gasteiger partial charge in [-0.3, -0.25) is 19.2 Å². The lowest BCUT2D eigenvalue weighted by Gasteiger charge is -2.00. The Morgan fingerprint density at radius 2 is 1.08 bits per heavy atom. The van der Waals surface area contributed by atoms with Crippen molar-refractivity contribution in [1.29, 1.82) is 0 Å². The summed E-state index contributed by atoms with van der Waals surface area (Å²) < 4.78 is 0. The van der Waals surface area contributed by atoms with Crippen LogP contribution in [0.4, 0.5) is 0 Å². The van der Waals surface area contributed by atoms with Gasteiger partial charge >= 0.3 is 5.97 Å². The molecule has 5 nitrogen and oxygen atoms in total. The highest BCUT2D eigenvalue weighted by Gasteiger charge is 2.12. The molecule has 0 aliphatic heterocycles. The number of carbonyl (C=O) groups is 4. The zero-order valence-corrected chi connectivity index (χ0v) is 13.3. The number of carbonyl (C=O) groups excluding carboxylic acids is 3. The van der Waals surface area contributed by atoms with Gasteiger partial charge in [0.15, 0.2) is 11.6 Å². The first-order chi connectivity index (χ1) is 11.4. The Kier molecular flexibility index (Phi) is 7.78. The normalized spacial score (nSPS) is 9.38. The van der Waals surface area contributed by atoms with Crippen LogP contribution in [0.15, 0.2) is 60.7 Å². The summed E-state index contributed by atoms with van der Waals surface area (Å²) in [5.74, 6) is -1.65. The third-order valence-corrected chi connectivity index (χ3v) is 2.91. The Bertz CT molecular complexity index is 644. The maximum Gasteiger partial charge on any atom is 0.310 e. The quantitative estimate of drug-likeness (QED) is 0.650. The zero-order chi connectivity index (χ0) is 17.9. The fraction of sp³-hybridized carbons (Fsp3) is 0.158. The third kappa shape index (κ3) is 7.26. The van der Waals surface area contributed by atoms with Crippen LogP contribution in [0.1, 0.15) is 40.5 Å². The summed E-state index contributed by atoms with van der Waals surface area (Å²) in [5.41, 5.74) is 1.16. The van der Waals surface area contributed by atoms with Crippen LogP contribution in [0.2, 0.25) is 0 Å². The van der Waals surface area contributed by atoms with Crippen molar-refractivity contribution >= 4 is 23.3 Å². The van der Waals surface area contributed by atoms with Crippen LogP contribution in [-0.4, -0.2) is 28.4 Å². The number of benzene rings is 2. The first-order valence-electron chi connectivity index (χ1n) is 7.28. The molecule has 0 aliphatic rings. The molecule has 0 atom stereocenters. The van der Waals surface area contributed by atoms with Crippen molar-refractivity contribution in [2.45, 2.75) is 19.8 Å². The average Bonchev–Trinajstić information content (AvgIpc) is 2.55. The van der Waals surface area contributed by atoms with Crippen molar-refractivity contribution in [3.05, 3.63) is 71.8 Å². The summed E-state index contributed by atoms with van der Waals surface area (Å²) in [5, 5.41) is 7.86. The second-order valence-corrected chi connectivity index (χ2v) is 5.03. The molecule has 1 N–H and O–H groups in total. The molecule has 0 aromatic heterocycles. The van der Waals surface area contributed by atoms with E-state index < -0.39 is 5.97 Å². The Labute approximate surface area is 139 Å². The van der Waals surface area contributed by atoms with E-state index in [1.54, 1.807) is 48.5 Å². The van der Waals surface area contributed by atoms with Crippen molar-refractivity contribution < 1.29 is 24.3 Å². The van der Waals surface area contributed by atoms with Crippen molar-refractivity contribution in [2.24, 2.45) is 0 Å². The molecule has 0 amide bonds. The predicted molar refractivity (Wildman–Crippen MR) is 89.1 cm³/mol. The Balaban J connectivity index is 0.000000351. The Morgan fingerprint density at radius 1 is 0.708 bits per heavy atom. The minimum Gasteiger partial charge on any atom is -0.481 e. The largest absolute Gasteiger partial charge is 0.481 e. The van der Waals surface area contributed by atoms with E-state index in [9.17, 15) is 19.2 Å². The van der Waals surface area contributed by atoms with Gasteiger partial charge in [-0.15, -0.1) is 0 Å². The van der Waals surface area contributed by atoms with Crippen LogP contribution in [0.3, 0.4) is 0 Å². The second kappa shape index (κ2) is 9.84. The summed E-state index contributed by atoms with van der Waals surface area (Å²) in [6.07, 6.45) is -0.436. The van der Waals surface area contributed by atoms with Crippen molar-refractivity contribution in [3.8, 4) is 0 Å². The predicted octanol–water partition coefficient (Wildman–Crippen LogP) is 3.19. The number of Topliss-reactive ketones (excluding diaryl/α,β-unsaturated/α-hetero) is 3. The number of ketones is 3. The molecule has 2 aromatic rings. The van der Waals surface area contributed by atoms with Crippen molar-refractivity contribution in [1.82, 2.24) is 0 Å². The molecule has 0 saturated heterocycles. The summed E-state index contributed by atoms with van der Waals surface area (Å²) in [4.78, 5) is 43.1. The third-order valence-electron chi connectivity index (χ3n) is 2.91. The number of carboxylic acids is 1. The molecule has 0 saturated carbocycles. The molecule has 24 heavy (non-hydrogen) atoms. The molecule has 0 radical (unpaired) electrons. The smallest absolute Gasteiger partial charge is 0.310 e. The minimum absolute atomic E-state index is 0.0754. The van der Waals surface area contributed by atoms with E-state index in [-0.39, 0.29) is 30.2 Å². The number of rotatable bonds is 6. The van der Waals surface area contributed by atoms with Crippen LogP contribution >= 0.6 is 0 Å². The van der Waals surface area contributed by atoms with Crippen LogP contribution in [-0.2, 0) is 9.59 Å². The van der Waals surface area contributed by atoms with Crippen LogP contribution in [0, 0.1) is 0 Å². The molecule has 0 unspecified atom stereocenters. The second-order valence-electron chi connectivity index (χ2n) is 5.03. The van der Waals surface area contributed by atoms with Crippen molar-refractivity contribution in [3.63, 3.8) is 0 Å². The van der Waals surface area contributed by atoms with E-state index in [2.05, 4.69) is 0 Å². The number of hydrogen-bond donors (Lipinski definition) is 1. The number of carboxylic acid groups (broad SMARTS) is 1. The highest BCUT2D eigenvalue weighted by atomic mass is 16.4. The van der Waals surface area contributed by atoms with Crippen LogP contribution < -0.4 is 0 Å². The Morgan fingerprint density at radius 3 is 1.33 bits per heavy atom. The molecular formula is C19H18O5. The number of aliphatic carboxylic acids is 1. The van der Waals surface area contributed by atoms with Crippen molar-refractivity contribution in [2.75, 3.05) is 0 Å². The summed E-state index contributed by atoms with van der Waals surface area (Å²) >= 11 is 0. The summed E-state index contributed by atoms with van der Waals surface area (Å²) in [6.45, 7) is 1.24.